The van der Waals surface area contributed by atoms with E-state index < -0.39 is 6.43 Å². The second kappa shape index (κ2) is 6.98. The zero-order valence-corrected chi connectivity index (χ0v) is 10.5. The van der Waals surface area contributed by atoms with E-state index in [4.69, 9.17) is 0 Å². The van der Waals surface area contributed by atoms with Gasteiger partial charge in [-0.05, 0) is 18.9 Å². The monoisotopic (exact) mass is 257 g/mol. The number of anilines is 1. The van der Waals surface area contributed by atoms with Crippen LogP contribution in [0.1, 0.15) is 50.9 Å². The summed E-state index contributed by atoms with van der Waals surface area (Å²) in [5.41, 5.74) is 0.192. The number of aryl methyl sites for hydroxylation is 1. The van der Waals surface area contributed by atoms with Crippen LogP contribution in [-0.2, 0) is 11.2 Å². The van der Waals surface area contributed by atoms with Crippen molar-refractivity contribution < 1.29 is 13.6 Å². The van der Waals surface area contributed by atoms with Crippen molar-refractivity contribution in [3.8, 4) is 0 Å². The Labute approximate surface area is 105 Å². The van der Waals surface area contributed by atoms with E-state index >= 15 is 0 Å². The van der Waals surface area contributed by atoms with Gasteiger partial charge in [-0.2, -0.15) is 0 Å². The second-order valence-electron chi connectivity index (χ2n) is 4.05. The number of unbranched alkanes of at least 4 members (excludes halogenated alkanes) is 2. The maximum absolute atomic E-state index is 12.6. The Morgan fingerprint density at radius 3 is 2.67 bits per heavy atom. The minimum absolute atomic E-state index is 0.0493. The topological polar surface area (TPSA) is 54.9 Å². The van der Waals surface area contributed by atoms with Crippen molar-refractivity contribution in [3.63, 3.8) is 0 Å². The van der Waals surface area contributed by atoms with E-state index in [-0.39, 0.29) is 17.5 Å². The maximum Gasteiger partial charge on any atom is 0.280 e. The van der Waals surface area contributed by atoms with E-state index in [9.17, 15) is 13.6 Å². The van der Waals surface area contributed by atoms with E-state index in [1.165, 1.54) is 13.0 Å². The van der Waals surface area contributed by atoms with Gasteiger partial charge in [-0.1, -0.05) is 19.8 Å². The molecule has 0 radical (unpaired) electrons. The third-order valence-corrected chi connectivity index (χ3v) is 2.35. The van der Waals surface area contributed by atoms with Gasteiger partial charge in [0, 0.05) is 12.6 Å². The van der Waals surface area contributed by atoms with Crippen molar-refractivity contribution in [2.75, 3.05) is 5.32 Å². The molecule has 0 aliphatic rings. The number of hydrogen-bond donors (Lipinski definition) is 1. The summed E-state index contributed by atoms with van der Waals surface area (Å²) in [7, 11) is 0. The maximum atomic E-state index is 12.6. The van der Waals surface area contributed by atoms with E-state index in [0.717, 1.165) is 19.3 Å². The first-order valence-electron chi connectivity index (χ1n) is 5.96. The normalized spacial score (nSPS) is 10.7. The molecule has 1 heterocycles. The molecule has 18 heavy (non-hydrogen) atoms. The number of hydrogen-bond acceptors (Lipinski definition) is 3. The Kier molecular flexibility index (Phi) is 5.61. The van der Waals surface area contributed by atoms with Crippen LogP contribution >= 0.6 is 0 Å². The van der Waals surface area contributed by atoms with Crippen LogP contribution in [0.4, 0.5) is 14.7 Å². The molecule has 0 fully saturated rings. The van der Waals surface area contributed by atoms with Crippen LogP contribution in [0, 0.1) is 0 Å². The molecule has 0 spiro atoms. The lowest BCUT2D eigenvalue weighted by molar-refractivity contribution is -0.114. The van der Waals surface area contributed by atoms with E-state index in [0.29, 0.717) is 12.1 Å². The lowest BCUT2D eigenvalue weighted by atomic mass is 10.1. The summed E-state index contributed by atoms with van der Waals surface area (Å²) in [5, 5.41) is 2.34. The minimum atomic E-state index is -2.66. The molecule has 0 aliphatic heterocycles. The van der Waals surface area contributed by atoms with Crippen LogP contribution < -0.4 is 5.32 Å². The fraction of sp³-hybridized carbons (Fsp3) is 0.583. The molecule has 1 amide bonds. The lowest BCUT2D eigenvalue weighted by Gasteiger charge is -2.07. The summed E-state index contributed by atoms with van der Waals surface area (Å²) >= 11 is 0. The van der Waals surface area contributed by atoms with Crippen LogP contribution in [0.5, 0.6) is 0 Å². The van der Waals surface area contributed by atoms with Crippen molar-refractivity contribution in [2.24, 2.45) is 0 Å². The third-order valence-electron chi connectivity index (χ3n) is 2.35. The highest BCUT2D eigenvalue weighted by molar-refractivity contribution is 5.86. The highest BCUT2D eigenvalue weighted by Gasteiger charge is 2.13. The molecule has 0 bridgehead atoms. The molecule has 0 aromatic carbocycles. The highest BCUT2D eigenvalue weighted by Crippen LogP contribution is 2.19. The zero-order chi connectivity index (χ0) is 13.5. The number of nitrogens with one attached hydrogen (secondary N) is 1. The van der Waals surface area contributed by atoms with Gasteiger partial charge in [0.1, 0.15) is 5.69 Å². The lowest BCUT2D eigenvalue weighted by Crippen LogP contribution is -2.12. The van der Waals surface area contributed by atoms with Crippen molar-refractivity contribution in [1.29, 1.82) is 0 Å². The summed E-state index contributed by atoms with van der Waals surface area (Å²) in [6.07, 6.45) is 0.901. The Hall–Kier alpha value is -1.59. The standard InChI is InChI=1S/C12H17F2N3O/c1-3-4-5-6-9-7-10(11(13)14)17-12(16-9)15-8(2)18/h7,11H,3-6H2,1-2H3,(H,15,16,17,18). The second-order valence-corrected chi connectivity index (χ2v) is 4.05. The summed E-state index contributed by atoms with van der Waals surface area (Å²) < 4.78 is 25.3. The molecule has 4 nitrogen and oxygen atoms in total. The summed E-state index contributed by atoms with van der Waals surface area (Å²) in [5.74, 6) is -0.423. The molecular formula is C12H17F2N3O. The number of rotatable bonds is 6. The van der Waals surface area contributed by atoms with Crippen molar-refractivity contribution >= 4 is 11.9 Å². The molecule has 100 valence electrons. The van der Waals surface area contributed by atoms with Crippen LogP contribution in [0.15, 0.2) is 6.07 Å². The molecule has 6 heteroatoms. The predicted octanol–water partition coefficient (Wildman–Crippen LogP) is 3.11. The zero-order valence-electron chi connectivity index (χ0n) is 10.5. The van der Waals surface area contributed by atoms with Gasteiger partial charge in [0.05, 0.1) is 0 Å². The van der Waals surface area contributed by atoms with Gasteiger partial charge in [-0.25, -0.2) is 18.7 Å². The highest BCUT2D eigenvalue weighted by atomic mass is 19.3. The molecule has 0 saturated heterocycles. The van der Waals surface area contributed by atoms with Gasteiger partial charge < -0.3 is 0 Å². The summed E-state index contributed by atoms with van der Waals surface area (Å²) in [6.45, 7) is 3.35. The van der Waals surface area contributed by atoms with Gasteiger partial charge in [-0.3, -0.25) is 10.1 Å². The first kappa shape index (κ1) is 14.5. The Morgan fingerprint density at radius 1 is 1.39 bits per heavy atom. The first-order chi connectivity index (χ1) is 8.52. The molecule has 1 aromatic rings. The number of halogens is 2. The molecule has 0 atom stereocenters. The molecule has 1 N–H and O–H groups in total. The van der Waals surface area contributed by atoms with Gasteiger partial charge in [0.2, 0.25) is 11.9 Å². The van der Waals surface area contributed by atoms with E-state index in [1.807, 2.05) is 0 Å². The number of aromatic nitrogens is 2. The Bertz CT molecular complexity index is 410. The molecule has 1 rings (SSSR count). The quantitative estimate of drug-likeness (QED) is 0.797. The first-order valence-corrected chi connectivity index (χ1v) is 5.96. The largest absolute Gasteiger partial charge is 0.295 e. The fourth-order valence-corrected chi connectivity index (χ4v) is 1.53. The smallest absolute Gasteiger partial charge is 0.280 e. The van der Waals surface area contributed by atoms with E-state index in [2.05, 4.69) is 22.2 Å². The molecule has 0 saturated carbocycles. The fourth-order valence-electron chi connectivity index (χ4n) is 1.53. The van der Waals surface area contributed by atoms with Crippen LogP contribution in [0.25, 0.3) is 0 Å². The number of carbonyl (C=O) groups is 1. The van der Waals surface area contributed by atoms with E-state index in [1.54, 1.807) is 0 Å². The van der Waals surface area contributed by atoms with Crippen molar-refractivity contribution in [2.45, 2.75) is 46.0 Å². The van der Waals surface area contributed by atoms with Crippen LogP contribution in [-0.4, -0.2) is 15.9 Å². The van der Waals surface area contributed by atoms with Gasteiger partial charge in [0.15, 0.2) is 0 Å². The SMILES string of the molecule is CCCCCc1cc(C(F)F)nc(NC(C)=O)n1. The molecule has 0 unspecified atom stereocenters. The predicted molar refractivity (Wildman–Crippen MR) is 64.5 cm³/mol. The van der Waals surface area contributed by atoms with Crippen molar-refractivity contribution in [1.82, 2.24) is 9.97 Å². The Morgan fingerprint density at radius 2 is 2.11 bits per heavy atom. The van der Waals surface area contributed by atoms with Crippen molar-refractivity contribution in [3.05, 3.63) is 17.5 Å². The molecule has 0 aliphatic carbocycles. The number of amides is 1. The number of nitrogens with zero attached hydrogens (tertiary/aromatic N) is 2. The molecule has 1 aromatic heterocycles. The average molecular weight is 257 g/mol. The van der Waals surface area contributed by atoms with Gasteiger partial charge >= 0.3 is 0 Å². The summed E-state index contributed by atoms with van der Waals surface area (Å²) in [6, 6.07) is 1.30. The number of carbonyl (C=O) groups excluding carboxylic acids is 1. The summed E-state index contributed by atoms with van der Waals surface area (Å²) in [4.78, 5) is 18.5. The van der Waals surface area contributed by atoms with Gasteiger partial charge in [-0.15, -0.1) is 0 Å². The minimum Gasteiger partial charge on any atom is -0.295 e. The van der Waals surface area contributed by atoms with Crippen LogP contribution in [0.3, 0.4) is 0 Å². The van der Waals surface area contributed by atoms with Crippen LogP contribution in [0.2, 0.25) is 0 Å². The molecular weight excluding hydrogens is 240 g/mol. The van der Waals surface area contributed by atoms with Gasteiger partial charge in [0.25, 0.3) is 6.43 Å². The Balaban J connectivity index is 2.87. The third kappa shape index (κ3) is 4.73. The number of alkyl halides is 2. The average Bonchev–Trinajstić information content (AvgIpc) is 2.28.